The first-order valence-electron chi connectivity index (χ1n) is 8.13. The number of ether oxygens (including phenoxy) is 1. The van der Waals surface area contributed by atoms with Gasteiger partial charge in [-0.1, -0.05) is 18.2 Å². The molecule has 0 saturated carbocycles. The molecular weight excluding hydrogens is 368 g/mol. The molecule has 0 spiro atoms. The molecule has 27 heavy (non-hydrogen) atoms. The van der Waals surface area contributed by atoms with E-state index in [-0.39, 0.29) is 17.1 Å². The highest BCUT2D eigenvalue weighted by Gasteiger charge is 2.16. The van der Waals surface area contributed by atoms with Gasteiger partial charge in [0.05, 0.1) is 10.5 Å². The topological polar surface area (TPSA) is 98.5 Å². The Kier molecular flexibility index (Phi) is 5.38. The maximum absolute atomic E-state index is 12.2. The Labute approximate surface area is 157 Å². The number of hydrogen-bond donors (Lipinski definition) is 1. The van der Waals surface area contributed by atoms with Crippen molar-refractivity contribution in [2.45, 2.75) is 18.4 Å². The summed E-state index contributed by atoms with van der Waals surface area (Å²) in [6, 6.07) is 14.9. The molecule has 0 fully saturated rings. The molecule has 7 nitrogen and oxygen atoms in total. The van der Waals surface area contributed by atoms with Gasteiger partial charge in [-0.15, -0.1) is 0 Å². The van der Waals surface area contributed by atoms with Gasteiger partial charge >= 0.3 is 5.97 Å². The number of carbonyl (C=O) groups is 1. The van der Waals surface area contributed by atoms with Crippen LogP contribution in [0.1, 0.15) is 21.8 Å². The quantitative estimate of drug-likeness (QED) is 0.654. The molecule has 0 bridgehead atoms. The summed E-state index contributed by atoms with van der Waals surface area (Å²) in [5.74, 6) is 0.449. The lowest BCUT2D eigenvalue weighted by molar-refractivity contribution is 0.0467. The van der Waals surface area contributed by atoms with Crippen LogP contribution < -0.4 is 4.72 Å². The van der Waals surface area contributed by atoms with Gasteiger partial charge in [-0.2, -0.15) is 0 Å². The molecule has 1 aromatic heterocycles. The molecule has 3 rings (SSSR count). The van der Waals surface area contributed by atoms with Crippen molar-refractivity contribution in [2.24, 2.45) is 0 Å². The van der Waals surface area contributed by atoms with Crippen molar-refractivity contribution in [1.29, 1.82) is 0 Å². The molecule has 0 aliphatic rings. The van der Waals surface area contributed by atoms with Crippen LogP contribution in [-0.4, -0.2) is 26.4 Å². The van der Waals surface area contributed by atoms with Crippen molar-refractivity contribution < 1.29 is 22.4 Å². The number of hydrogen-bond acceptors (Lipinski definition) is 6. The lowest BCUT2D eigenvalue weighted by Crippen LogP contribution is -2.18. The van der Waals surface area contributed by atoms with E-state index in [4.69, 9.17) is 9.15 Å². The normalized spacial score (nSPS) is 11.3. The van der Waals surface area contributed by atoms with Crippen LogP contribution >= 0.6 is 0 Å². The Bertz CT molecular complexity index is 1040. The number of oxazole rings is 1. The number of benzene rings is 2. The van der Waals surface area contributed by atoms with Crippen molar-refractivity contribution in [3.05, 3.63) is 71.6 Å². The van der Waals surface area contributed by atoms with Crippen LogP contribution in [0.15, 0.2) is 63.9 Å². The maximum atomic E-state index is 12.2. The van der Waals surface area contributed by atoms with E-state index in [9.17, 15) is 13.2 Å². The van der Waals surface area contributed by atoms with Crippen LogP contribution in [0.2, 0.25) is 0 Å². The molecule has 0 saturated heterocycles. The summed E-state index contributed by atoms with van der Waals surface area (Å²) >= 11 is 0. The maximum Gasteiger partial charge on any atom is 0.338 e. The molecule has 0 radical (unpaired) electrons. The Balaban J connectivity index is 1.68. The fourth-order valence-electron chi connectivity index (χ4n) is 2.37. The van der Waals surface area contributed by atoms with Crippen molar-refractivity contribution in [3.8, 4) is 11.5 Å². The zero-order valence-corrected chi connectivity index (χ0v) is 15.6. The van der Waals surface area contributed by atoms with Gasteiger partial charge in [0, 0.05) is 5.56 Å². The summed E-state index contributed by atoms with van der Waals surface area (Å²) in [7, 11) is -2.23. The van der Waals surface area contributed by atoms with E-state index >= 15 is 0 Å². The predicted octanol–water partition coefficient (Wildman–Crippen LogP) is 2.92. The van der Waals surface area contributed by atoms with Crippen molar-refractivity contribution in [2.75, 3.05) is 7.05 Å². The fourth-order valence-corrected chi connectivity index (χ4v) is 3.10. The van der Waals surface area contributed by atoms with Crippen molar-refractivity contribution in [3.63, 3.8) is 0 Å². The summed E-state index contributed by atoms with van der Waals surface area (Å²) in [6.07, 6.45) is 0. The van der Waals surface area contributed by atoms with Crippen LogP contribution in [-0.2, 0) is 21.4 Å². The van der Waals surface area contributed by atoms with E-state index in [1.807, 2.05) is 30.3 Å². The first-order valence-corrected chi connectivity index (χ1v) is 9.61. The van der Waals surface area contributed by atoms with E-state index in [2.05, 4.69) is 9.71 Å². The second kappa shape index (κ2) is 7.73. The molecule has 8 heteroatoms. The van der Waals surface area contributed by atoms with Gasteiger partial charge in [-0.25, -0.2) is 22.9 Å². The standard InChI is InChI=1S/C19H18N2O5S/c1-13-17(21-18(26-13)14-6-4-3-5-7-14)12-25-19(22)15-8-10-16(11-9-15)27(23,24)20-2/h3-11,20H,12H2,1-2H3. The fraction of sp³-hybridized carbons (Fsp3) is 0.158. The lowest BCUT2D eigenvalue weighted by Gasteiger charge is -2.05. The predicted molar refractivity (Wildman–Crippen MR) is 98.5 cm³/mol. The molecule has 0 atom stereocenters. The Morgan fingerprint density at radius 3 is 2.41 bits per heavy atom. The number of sulfonamides is 1. The Morgan fingerprint density at radius 2 is 1.78 bits per heavy atom. The summed E-state index contributed by atoms with van der Waals surface area (Å²) < 4.78 is 36.5. The van der Waals surface area contributed by atoms with Gasteiger partial charge in [0.2, 0.25) is 15.9 Å². The molecule has 0 aliphatic carbocycles. The third-order valence-corrected chi connectivity index (χ3v) is 5.35. The lowest BCUT2D eigenvalue weighted by atomic mass is 10.2. The number of aromatic nitrogens is 1. The van der Waals surface area contributed by atoms with Crippen LogP contribution in [0.5, 0.6) is 0 Å². The molecule has 140 valence electrons. The molecule has 3 aromatic rings. The molecule has 1 N–H and O–H groups in total. The van der Waals surface area contributed by atoms with E-state index in [1.165, 1.54) is 31.3 Å². The van der Waals surface area contributed by atoms with E-state index in [0.717, 1.165) is 5.56 Å². The summed E-state index contributed by atoms with van der Waals surface area (Å²) in [5, 5.41) is 0. The van der Waals surface area contributed by atoms with Crippen LogP contribution in [0.3, 0.4) is 0 Å². The molecular formula is C19H18N2O5S. The highest BCUT2D eigenvalue weighted by molar-refractivity contribution is 7.89. The number of nitrogens with zero attached hydrogens (tertiary/aromatic N) is 1. The number of carbonyl (C=O) groups excluding carboxylic acids is 1. The summed E-state index contributed by atoms with van der Waals surface area (Å²) in [5.41, 5.74) is 1.60. The van der Waals surface area contributed by atoms with Crippen molar-refractivity contribution in [1.82, 2.24) is 9.71 Å². The average molecular weight is 386 g/mol. The molecule has 0 unspecified atom stereocenters. The minimum absolute atomic E-state index is 0.0441. The SMILES string of the molecule is CNS(=O)(=O)c1ccc(C(=O)OCc2nc(-c3ccccc3)oc2C)cc1. The second-order valence-electron chi connectivity index (χ2n) is 5.70. The minimum atomic E-state index is -3.55. The first-order chi connectivity index (χ1) is 12.9. The minimum Gasteiger partial charge on any atom is -0.455 e. The molecule has 1 heterocycles. The van der Waals surface area contributed by atoms with Gasteiger partial charge in [-0.3, -0.25) is 0 Å². The number of esters is 1. The second-order valence-corrected chi connectivity index (χ2v) is 7.58. The Hall–Kier alpha value is -2.97. The van der Waals surface area contributed by atoms with Gasteiger partial charge in [0.15, 0.2) is 0 Å². The number of nitrogens with one attached hydrogen (secondary N) is 1. The van der Waals surface area contributed by atoms with Crippen LogP contribution in [0.25, 0.3) is 11.5 Å². The highest BCUT2D eigenvalue weighted by Crippen LogP contribution is 2.22. The third-order valence-electron chi connectivity index (χ3n) is 3.92. The number of rotatable bonds is 6. The van der Waals surface area contributed by atoms with E-state index < -0.39 is 16.0 Å². The van der Waals surface area contributed by atoms with Gasteiger partial charge < -0.3 is 9.15 Å². The van der Waals surface area contributed by atoms with Gasteiger partial charge in [0.1, 0.15) is 18.1 Å². The zero-order chi connectivity index (χ0) is 19.4. The first kappa shape index (κ1) is 18.8. The third kappa shape index (κ3) is 4.24. The highest BCUT2D eigenvalue weighted by atomic mass is 32.2. The Morgan fingerprint density at radius 1 is 1.11 bits per heavy atom. The monoisotopic (exact) mass is 386 g/mol. The zero-order valence-electron chi connectivity index (χ0n) is 14.8. The van der Waals surface area contributed by atoms with Crippen molar-refractivity contribution >= 4 is 16.0 Å². The van der Waals surface area contributed by atoms with Gasteiger partial charge in [0.25, 0.3) is 0 Å². The molecule has 0 aliphatic heterocycles. The molecule has 0 amide bonds. The number of aryl methyl sites for hydroxylation is 1. The van der Waals surface area contributed by atoms with Gasteiger partial charge in [-0.05, 0) is 50.4 Å². The van der Waals surface area contributed by atoms with E-state index in [1.54, 1.807) is 6.92 Å². The van der Waals surface area contributed by atoms with Crippen LogP contribution in [0, 0.1) is 6.92 Å². The average Bonchev–Trinajstić information content (AvgIpc) is 3.07. The largest absolute Gasteiger partial charge is 0.455 e. The van der Waals surface area contributed by atoms with Crippen LogP contribution in [0.4, 0.5) is 0 Å². The smallest absolute Gasteiger partial charge is 0.338 e. The van der Waals surface area contributed by atoms with E-state index in [0.29, 0.717) is 17.3 Å². The summed E-state index contributed by atoms with van der Waals surface area (Å²) in [4.78, 5) is 16.6. The molecule has 2 aromatic carbocycles. The summed E-state index contributed by atoms with van der Waals surface area (Å²) in [6.45, 7) is 1.71.